The lowest BCUT2D eigenvalue weighted by molar-refractivity contribution is 0.102. The molecule has 130 valence electrons. The highest BCUT2D eigenvalue weighted by Gasteiger charge is 2.17. The Balaban J connectivity index is 1.72. The van der Waals surface area contributed by atoms with E-state index in [9.17, 15) is 4.79 Å². The smallest absolute Gasteiger partial charge is 0.295 e. The first-order valence-corrected chi connectivity index (χ1v) is 8.54. The highest BCUT2D eigenvalue weighted by Crippen LogP contribution is 2.28. The molecule has 0 saturated heterocycles. The number of benzene rings is 1. The third-order valence-corrected chi connectivity index (χ3v) is 4.64. The van der Waals surface area contributed by atoms with Crippen LogP contribution in [-0.2, 0) is 0 Å². The Morgan fingerprint density at radius 1 is 1.23 bits per heavy atom. The molecule has 3 aromatic heterocycles. The molecule has 2 N–H and O–H groups in total. The van der Waals surface area contributed by atoms with E-state index in [1.165, 1.54) is 7.11 Å². The fraction of sp³-hybridized carbons (Fsp3) is 0.118. The number of fused-ring (bicyclic) bond motifs is 1. The molecule has 0 radical (unpaired) electrons. The Morgan fingerprint density at radius 2 is 2.12 bits per heavy atom. The molecule has 0 aliphatic heterocycles. The monoisotopic (exact) mass is 366 g/mol. The van der Waals surface area contributed by atoms with Gasteiger partial charge in [0.1, 0.15) is 0 Å². The van der Waals surface area contributed by atoms with Gasteiger partial charge in [-0.2, -0.15) is 5.10 Å². The molecule has 0 fully saturated rings. The van der Waals surface area contributed by atoms with E-state index in [4.69, 9.17) is 4.74 Å². The molecule has 0 aliphatic carbocycles. The van der Waals surface area contributed by atoms with Gasteiger partial charge in [-0.25, -0.2) is 0 Å². The van der Waals surface area contributed by atoms with Gasteiger partial charge in [0, 0.05) is 17.3 Å². The zero-order valence-corrected chi connectivity index (χ0v) is 14.8. The summed E-state index contributed by atoms with van der Waals surface area (Å²) in [5.41, 5.74) is 3.84. The van der Waals surface area contributed by atoms with E-state index in [0.717, 1.165) is 39.1 Å². The van der Waals surface area contributed by atoms with E-state index in [2.05, 4.69) is 30.7 Å². The Morgan fingerprint density at radius 3 is 2.92 bits per heavy atom. The highest BCUT2D eigenvalue weighted by atomic mass is 32.1. The molecular formula is C17H14N6O2S. The lowest BCUT2D eigenvalue weighted by Crippen LogP contribution is -2.13. The minimum absolute atomic E-state index is 0.309. The number of amides is 1. The molecule has 0 aliphatic rings. The fourth-order valence-corrected chi connectivity index (χ4v) is 3.15. The van der Waals surface area contributed by atoms with Gasteiger partial charge in [0.2, 0.25) is 5.13 Å². The van der Waals surface area contributed by atoms with Crippen molar-refractivity contribution in [2.75, 3.05) is 12.4 Å². The van der Waals surface area contributed by atoms with Gasteiger partial charge in [0.15, 0.2) is 0 Å². The lowest BCUT2D eigenvalue weighted by atomic mass is 9.99. The molecular weight excluding hydrogens is 352 g/mol. The number of carbonyl (C=O) groups excluding carboxylic acids is 1. The van der Waals surface area contributed by atoms with Crippen LogP contribution in [-0.4, -0.2) is 38.4 Å². The molecule has 0 bridgehead atoms. The molecule has 1 amide bonds. The van der Waals surface area contributed by atoms with Crippen LogP contribution in [0.5, 0.6) is 5.19 Å². The number of nitrogens with one attached hydrogen (secondary N) is 2. The number of pyridine rings is 1. The van der Waals surface area contributed by atoms with E-state index >= 15 is 0 Å². The molecule has 1 aromatic carbocycles. The van der Waals surface area contributed by atoms with Gasteiger partial charge in [0.25, 0.3) is 11.1 Å². The normalized spacial score (nSPS) is 10.8. The second-order valence-electron chi connectivity index (χ2n) is 5.57. The Labute approximate surface area is 152 Å². The summed E-state index contributed by atoms with van der Waals surface area (Å²) in [6.45, 7) is 1.88. The maximum absolute atomic E-state index is 12.8. The van der Waals surface area contributed by atoms with Crippen LogP contribution in [0.15, 0.2) is 36.7 Å². The van der Waals surface area contributed by atoms with Crippen LogP contribution in [0.1, 0.15) is 16.1 Å². The first-order valence-electron chi connectivity index (χ1n) is 7.73. The molecule has 0 spiro atoms. The first kappa shape index (κ1) is 16.2. The molecule has 4 rings (SSSR count). The van der Waals surface area contributed by atoms with Crippen molar-refractivity contribution in [2.45, 2.75) is 6.92 Å². The number of rotatable bonds is 4. The summed E-state index contributed by atoms with van der Waals surface area (Å²) < 4.78 is 5.00. The highest BCUT2D eigenvalue weighted by molar-refractivity contribution is 7.17. The number of ether oxygens (including phenoxy) is 1. The average molecular weight is 366 g/mol. The van der Waals surface area contributed by atoms with Crippen LogP contribution in [0.2, 0.25) is 0 Å². The molecule has 0 saturated carbocycles. The fourth-order valence-electron chi connectivity index (χ4n) is 2.59. The second kappa shape index (κ2) is 6.52. The van der Waals surface area contributed by atoms with Crippen LogP contribution in [0.4, 0.5) is 5.13 Å². The van der Waals surface area contributed by atoms with Crippen molar-refractivity contribution < 1.29 is 9.53 Å². The summed E-state index contributed by atoms with van der Waals surface area (Å²) in [5, 5.41) is 19.2. The quantitative estimate of drug-likeness (QED) is 0.575. The number of H-pyrrole nitrogens is 1. The summed E-state index contributed by atoms with van der Waals surface area (Å²) in [6, 6.07) is 7.76. The summed E-state index contributed by atoms with van der Waals surface area (Å²) in [6.07, 6.45) is 3.32. The molecule has 0 atom stereocenters. The van der Waals surface area contributed by atoms with Gasteiger partial charge in [-0.3, -0.25) is 20.2 Å². The minimum atomic E-state index is -0.309. The van der Waals surface area contributed by atoms with Crippen LogP contribution < -0.4 is 10.1 Å². The number of carbonyl (C=O) groups is 1. The Bertz CT molecular complexity index is 1100. The number of aromatic amines is 1. The van der Waals surface area contributed by atoms with Crippen molar-refractivity contribution in [1.29, 1.82) is 0 Å². The number of nitrogens with zero attached hydrogens (tertiary/aromatic N) is 4. The second-order valence-corrected chi connectivity index (χ2v) is 6.51. The van der Waals surface area contributed by atoms with E-state index in [1.54, 1.807) is 12.4 Å². The van der Waals surface area contributed by atoms with Crippen molar-refractivity contribution in [3.8, 4) is 16.3 Å². The number of methoxy groups -OCH3 is 1. The van der Waals surface area contributed by atoms with Crippen molar-refractivity contribution in [3.63, 3.8) is 0 Å². The maximum Gasteiger partial charge on any atom is 0.295 e. The Hall–Kier alpha value is -3.33. The lowest BCUT2D eigenvalue weighted by Gasteiger charge is -2.10. The van der Waals surface area contributed by atoms with Gasteiger partial charge < -0.3 is 4.74 Å². The zero-order valence-electron chi connectivity index (χ0n) is 14.0. The molecule has 26 heavy (non-hydrogen) atoms. The average Bonchev–Trinajstić information content (AvgIpc) is 3.29. The van der Waals surface area contributed by atoms with Crippen LogP contribution in [0.3, 0.4) is 0 Å². The van der Waals surface area contributed by atoms with Gasteiger partial charge >= 0.3 is 0 Å². The molecule has 8 nitrogen and oxygen atoms in total. The molecule has 4 aromatic rings. The van der Waals surface area contributed by atoms with Crippen LogP contribution in [0, 0.1) is 6.92 Å². The third-order valence-electron chi connectivity index (χ3n) is 3.84. The largest absolute Gasteiger partial charge is 0.472 e. The van der Waals surface area contributed by atoms with Gasteiger partial charge in [-0.1, -0.05) is 17.2 Å². The van der Waals surface area contributed by atoms with Gasteiger partial charge in [0.05, 0.1) is 24.4 Å². The molecule has 3 heterocycles. The SMILES string of the molecule is COc1nnc(NC(=O)c2cnc(C)cc2-c2ccc3cn[nH]c3c2)s1. The summed E-state index contributed by atoms with van der Waals surface area (Å²) in [5.74, 6) is -0.309. The predicted octanol–water partition coefficient (Wildman–Crippen LogP) is 3.05. The number of anilines is 1. The number of hydrogen-bond donors (Lipinski definition) is 2. The molecule has 0 unspecified atom stereocenters. The van der Waals surface area contributed by atoms with Crippen molar-refractivity contribution >= 4 is 33.3 Å². The van der Waals surface area contributed by atoms with E-state index < -0.39 is 0 Å². The van der Waals surface area contributed by atoms with Crippen LogP contribution >= 0.6 is 11.3 Å². The van der Waals surface area contributed by atoms with Crippen LogP contribution in [0.25, 0.3) is 22.0 Å². The number of hydrogen-bond acceptors (Lipinski definition) is 7. The van der Waals surface area contributed by atoms with Gasteiger partial charge in [-0.05, 0) is 41.5 Å². The third kappa shape index (κ3) is 3.00. The van der Waals surface area contributed by atoms with Crippen molar-refractivity contribution in [2.24, 2.45) is 0 Å². The Kier molecular flexibility index (Phi) is 4.05. The maximum atomic E-state index is 12.8. The first-order chi connectivity index (χ1) is 12.6. The summed E-state index contributed by atoms with van der Waals surface area (Å²) >= 11 is 1.15. The molecule has 9 heteroatoms. The number of aryl methyl sites for hydroxylation is 1. The van der Waals surface area contributed by atoms with Crippen molar-refractivity contribution in [1.82, 2.24) is 25.4 Å². The van der Waals surface area contributed by atoms with Gasteiger partial charge in [-0.15, -0.1) is 5.10 Å². The topological polar surface area (TPSA) is 106 Å². The van der Waals surface area contributed by atoms with E-state index in [0.29, 0.717) is 15.9 Å². The number of aromatic nitrogens is 5. The van der Waals surface area contributed by atoms with E-state index in [-0.39, 0.29) is 5.91 Å². The predicted molar refractivity (Wildman–Crippen MR) is 98.5 cm³/mol. The zero-order chi connectivity index (χ0) is 18.1. The standard InChI is InChI=1S/C17H14N6O2S/c1-9-5-12(10-3-4-11-7-19-21-14(11)6-10)13(8-18-9)15(24)20-16-22-23-17(25-2)26-16/h3-8H,1-2H3,(H,19,21)(H,20,22,24). The minimum Gasteiger partial charge on any atom is -0.472 e. The summed E-state index contributed by atoms with van der Waals surface area (Å²) in [7, 11) is 1.50. The summed E-state index contributed by atoms with van der Waals surface area (Å²) in [4.78, 5) is 17.0. The van der Waals surface area contributed by atoms with E-state index in [1.807, 2.05) is 31.2 Å². The van der Waals surface area contributed by atoms with Crippen molar-refractivity contribution in [3.05, 3.63) is 47.9 Å².